The molecule has 0 aliphatic rings. The van der Waals surface area contributed by atoms with Gasteiger partial charge >= 0.3 is 0 Å². The maximum Gasteiger partial charge on any atom is 0.148 e. The van der Waals surface area contributed by atoms with Gasteiger partial charge in [-0.05, 0) is 35.4 Å². The van der Waals surface area contributed by atoms with E-state index in [-0.39, 0.29) is 0 Å². The van der Waals surface area contributed by atoms with Gasteiger partial charge < -0.3 is 4.57 Å². The van der Waals surface area contributed by atoms with Gasteiger partial charge in [0.05, 0.1) is 28.5 Å². The minimum Gasteiger partial charge on any atom is -0.308 e. The third kappa shape index (κ3) is 4.55. The van der Waals surface area contributed by atoms with Gasteiger partial charge in [0.2, 0.25) is 0 Å². The van der Waals surface area contributed by atoms with Crippen LogP contribution in [0.2, 0.25) is 0 Å². The summed E-state index contributed by atoms with van der Waals surface area (Å²) >= 11 is 1.86. The number of hydrogen-bond acceptors (Lipinski definition) is 3. The largest absolute Gasteiger partial charge is 0.308 e. The molecule has 44 heavy (non-hydrogen) atoms. The van der Waals surface area contributed by atoms with E-state index >= 15 is 0 Å². The lowest BCUT2D eigenvalue weighted by atomic mass is 10.1. The molecular weight excluding hydrogens is 557 g/mol. The molecular formula is C39H28N4S. The second-order valence-corrected chi connectivity index (χ2v) is 11.9. The van der Waals surface area contributed by atoms with Crippen LogP contribution in [0, 0.1) is 5.41 Å². The molecule has 210 valence electrons. The number of benzene rings is 6. The highest BCUT2D eigenvalue weighted by atomic mass is 32.1. The first-order valence-electron chi connectivity index (χ1n) is 14.7. The average molecular weight is 585 g/mol. The Balaban J connectivity index is 1.27. The highest BCUT2D eigenvalue weighted by Gasteiger charge is 2.18. The van der Waals surface area contributed by atoms with Gasteiger partial charge in [0.15, 0.2) is 0 Å². The van der Waals surface area contributed by atoms with E-state index in [2.05, 4.69) is 89.5 Å². The number of thiophene rings is 1. The molecule has 1 N–H and O–H groups in total. The number of aromatic nitrogens is 1. The summed E-state index contributed by atoms with van der Waals surface area (Å²) in [5, 5.41) is 20.7. The zero-order valence-electron chi connectivity index (χ0n) is 23.9. The Morgan fingerprint density at radius 1 is 0.682 bits per heavy atom. The van der Waals surface area contributed by atoms with Crippen molar-refractivity contribution in [2.45, 2.75) is 6.54 Å². The van der Waals surface area contributed by atoms with Crippen LogP contribution in [0.1, 0.15) is 16.7 Å². The molecule has 0 saturated heterocycles. The van der Waals surface area contributed by atoms with Crippen molar-refractivity contribution in [3.05, 3.63) is 162 Å². The average Bonchev–Trinajstić information content (AvgIpc) is 3.63. The molecule has 0 unspecified atom stereocenters. The van der Waals surface area contributed by atoms with E-state index in [1.54, 1.807) is 5.01 Å². The highest BCUT2D eigenvalue weighted by molar-refractivity contribution is 7.26. The summed E-state index contributed by atoms with van der Waals surface area (Å²) in [6, 6.07) is 50.4. The lowest BCUT2D eigenvalue weighted by Gasteiger charge is -2.21. The summed E-state index contributed by atoms with van der Waals surface area (Å²) in [5.41, 5.74) is 6.39. The Kier molecular flexibility index (Phi) is 6.51. The first kappa shape index (κ1) is 26.1. The van der Waals surface area contributed by atoms with Crippen LogP contribution >= 0.6 is 11.3 Å². The fourth-order valence-electron chi connectivity index (χ4n) is 6.06. The molecule has 2 heterocycles. The maximum absolute atomic E-state index is 9.06. The summed E-state index contributed by atoms with van der Waals surface area (Å²) in [6.07, 6.45) is 1.83. The van der Waals surface area contributed by atoms with Crippen LogP contribution in [0.5, 0.6) is 0 Å². The topological polar surface area (TPSA) is 44.4 Å². The summed E-state index contributed by atoms with van der Waals surface area (Å²) in [4.78, 5) is 0. The maximum atomic E-state index is 9.06. The van der Waals surface area contributed by atoms with E-state index in [4.69, 9.17) is 10.5 Å². The smallest absolute Gasteiger partial charge is 0.148 e. The van der Waals surface area contributed by atoms with Gasteiger partial charge in [-0.25, -0.2) is 5.01 Å². The first-order chi connectivity index (χ1) is 21.7. The van der Waals surface area contributed by atoms with E-state index < -0.39 is 0 Å². The highest BCUT2D eigenvalue weighted by Crippen LogP contribution is 2.42. The van der Waals surface area contributed by atoms with Gasteiger partial charge in [0, 0.05) is 37.5 Å². The first-order valence-corrected chi connectivity index (χ1v) is 15.5. The third-order valence-electron chi connectivity index (χ3n) is 8.13. The number of hydrogen-bond donors (Lipinski definition) is 1. The zero-order valence-corrected chi connectivity index (χ0v) is 24.7. The van der Waals surface area contributed by atoms with E-state index in [9.17, 15) is 0 Å². The molecule has 0 atom stereocenters. The quantitative estimate of drug-likeness (QED) is 0.118. The van der Waals surface area contributed by atoms with Crippen molar-refractivity contribution in [2.24, 2.45) is 5.10 Å². The van der Waals surface area contributed by atoms with Crippen molar-refractivity contribution in [2.75, 3.05) is 0 Å². The van der Waals surface area contributed by atoms with Crippen LogP contribution in [0.3, 0.4) is 0 Å². The van der Waals surface area contributed by atoms with E-state index in [0.717, 1.165) is 22.4 Å². The Labute approximate surface area is 259 Å². The number of fused-ring (bicyclic) bond motifs is 7. The number of rotatable bonds is 6. The standard InChI is InChI=1S/C39H28N4S/c40-39(29-15-5-2-6-16-29)42(41-25-27-12-3-1-4-13-27)26-28-14-11-17-30(24-28)43-35-20-9-7-18-31(35)33-22-23-34-32-19-8-10-21-36(32)44-38(34)37(33)43/h1-25,40H,26H2/b40-39?,41-25+. The van der Waals surface area contributed by atoms with Crippen molar-refractivity contribution in [1.82, 2.24) is 9.58 Å². The Morgan fingerprint density at radius 2 is 1.39 bits per heavy atom. The number of amidine groups is 1. The van der Waals surface area contributed by atoms with Crippen molar-refractivity contribution >= 4 is 65.4 Å². The Bertz CT molecular complexity index is 2330. The third-order valence-corrected chi connectivity index (χ3v) is 9.32. The molecule has 0 radical (unpaired) electrons. The minimum atomic E-state index is 0.354. The number of para-hydroxylation sites is 1. The van der Waals surface area contributed by atoms with Gasteiger partial charge in [-0.3, -0.25) is 5.41 Å². The van der Waals surface area contributed by atoms with Crippen molar-refractivity contribution in [3.8, 4) is 5.69 Å². The van der Waals surface area contributed by atoms with Crippen LogP contribution in [-0.2, 0) is 6.54 Å². The van der Waals surface area contributed by atoms with Gasteiger partial charge in [0.1, 0.15) is 5.84 Å². The summed E-state index contributed by atoms with van der Waals surface area (Å²) in [5.74, 6) is 0.354. The lowest BCUT2D eigenvalue weighted by Crippen LogP contribution is -2.25. The SMILES string of the molecule is N=C(c1ccccc1)N(Cc1cccc(-n2c3ccccc3c3ccc4c5ccccc5sc4c32)c1)/N=C/c1ccccc1. The predicted octanol–water partition coefficient (Wildman–Crippen LogP) is 10.0. The van der Waals surface area contributed by atoms with Gasteiger partial charge in [-0.1, -0.05) is 121 Å². The van der Waals surface area contributed by atoms with Crippen molar-refractivity contribution in [1.29, 1.82) is 5.41 Å². The number of hydrazone groups is 1. The molecule has 8 rings (SSSR count). The molecule has 0 saturated carbocycles. The molecule has 5 heteroatoms. The summed E-state index contributed by atoms with van der Waals surface area (Å²) in [7, 11) is 0. The van der Waals surface area contributed by atoms with E-state index in [1.807, 2.05) is 78.2 Å². The molecule has 0 spiro atoms. The molecule has 4 nitrogen and oxygen atoms in total. The molecule has 2 aromatic heterocycles. The molecule has 0 aliphatic carbocycles. The summed E-state index contributed by atoms with van der Waals surface area (Å²) in [6.45, 7) is 0.459. The van der Waals surface area contributed by atoms with Crippen molar-refractivity contribution < 1.29 is 0 Å². The van der Waals surface area contributed by atoms with Crippen molar-refractivity contribution in [3.63, 3.8) is 0 Å². The van der Waals surface area contributed by atoms with Crippen LogP contribution in [0.25, 0.3) is 47.7 Å². The summed E-state index contributed by atoms with van der Waals surface area (Å²) < 4.78 is 5.00. The zero-order chi connectivity index (χ0) is 29.5. The predicted molar refractivity (Wildman–Crippen MR) is 187 cm³/mol. The molecule has 0 bridgehead atoms. The van der Waals surface area contributed by atoms with E-state index in [1.165, 1.54) is 42.0 Å². The van der Waals surface area contributed by atoms with Gasteiger partial charge in [0.25, 0.3) is 0 Å². The Morgan fingerprint density at radius 3 is 2.23 bits per heavy atom. The van der Waals surface area contributed by atoms with Gasteiger partial charge in [-0.2, -0.15) is 5.10 Å². The number of nitrogens with zero attached hydrogens (tertiary/aromatic N) is 3. The van der Waals surface area contributed by atoms with E-state index in [0.29, 0.717) is 12.4 Å². The van der Waals surface area contributed by atoms with Gasteiger partial charge in [-0.15, -0.1) is 11.3 Å². The number of nitrogens with one attached hydrogen (secondary N) is 1. The monoisotopic (exact) mass is 584 g/mol. The molecule has 0 aliphatic heterocycles. The second-order valence-electron chi connectivity index (χ2n) is 10.9. The normalized spacial score (nSPS) is 11.7. The van der Waals surface area contributed by atoms with Crippen LogP contribution in [-0.4, -0.2) is 21.6 Å². The fraction of sp³-hybridized carbons (Fsp3) is 0.0256. The lowest BCUT2D eigenvalue weighted by molar-refractivity contribution is 0.439. The van der Waals surface area contributed by atoms with Crippen LogP contribution in [0.4, 0.5) is 0 Å². The fourth-order valence-corrected chi connectivity index (χ4v) is 7.30. The second kappa shape index (κ2) is 11.0. The molecule has 6 aromatic carbocycles. The van der Waals surface area contributed by atoms with Crippen LogP contribution < -0.4 is 0 Å². The molecule has 0 fully saturated rings. The molecule has 8 aromatic rings. The molecule has 0 amide bonds. The Hall–Kier alpha value is -5.52. The minimum absolute atomic E-state index is 0.354. The van der Waals surface area contributed by atoms with Crippen LogP contribution in [0.15, 0.2) is 151 Å².